The monoisotopic (exact) mass is 303 g/mol. The van der Waals surface area contributed by atoms with Crippen LogP contribution in [0, 0.1) is 5.82 Å². The zero-order valence-corrected chi connectivity index (χ0v) is 12.3. The van der Waals surface area contributed by atoms with Gasteiger partial charge in [-0.2, -0.15) is 5.10 Å². The van der Waals surface area contributed by atoms with Crippen LogP contribution < -0.4 is 5.73 Å². The third-order valence-electron chi connectivity index (χ3n) is 3.77. The van der Waals surface area contributed by atoms with Crippen LogP contribution in [0.15, 0.2) is 24.3 Å². The molecule has 0 aliphatic heterocycles. The lowest BCUT2D eigenvalue weighted by Gasteiger charge is -2.24. The Bertz CT molecular complexity index is 682. The van der Waals surface area contributed by atoms with Crippen LogP contribution in [0.5, 0.6) is 0 Å². The molecule has 1 fully saturated rings. The maximum atomic E-state index is 13.4. The second-order valence-corrected chi connectivity index (χ2v) is 5.69. The van der Waals surface area contributed by atoms with Crippen LogP contribution in [0.2, 0.25) is 0 Å². The molecule has 22 heavy (non-hydrogen) atoms. The molecule has 116 valence electrons. The van der Waals surface area contributed by atoms with Crippen molar-refractivity contribution in [2.24, 2.45) is 5.73 Å². The van der Waals surface area contributed by atoms with Crippen molar-refractivity contribution < 1.29 is 9.18 Å². The number of aromatic nitrogens is 3. The first-order valence-corrected chi connectivity index (χ1v) is 7.21. The molecule has 2 aromatic rings. The lowest BCUT2D eigenvalue weighted by molar-refractivity contribution is -0.123. The molecule has 0 radical (unpaired) electrons. The number of rotatable bonds is 6. The fourth-order valence-electron chi connectivity index (χ4n) is 2.55. The van der Waals surface area contributed by atoms with Gasteiger partial charge in [-0.3, -0.25) is 14.8 Å². The van der Waals surface area contributed by atoms with Crippen LogP contribution in [0.3, 0.4) is 0 Å². The van der Waals surface area contributed by atoms with E-state index in [1.54, 1.807) is 24.1 Å². The topological polar surface area (TPSA) is 87.9 Å². The summed E-state index contributed by atoms with van der Waals surface area (Å²) < 4.78 is 13.4. The van der Waals surface area contributed by atoms with Gasteiger partial charge < -0.3 is 5.73 Å². The molecular weight excluding hydrogens is 285 g/mol. The van der Waals surface area contributed by atoms with Gasteiger partial charge in [0.2, 0.25) is 5.91 Å². The molecule has 3 rings (SSSR count). The van der Waals surface area contributed by atoms with Crippen molar-refractivity contribution in [3.63, 3.8) is 0 Å². The number of nitrogens with zero attached hydrogens (tertiary/aromatic N) is 3. The number of carbonyl (C=O) groups is 1. The summed E-state index contributed by atoms with van der Waals surface area (Å²) in [6.45, 7) is 0.379. The van der Waals surface area contributed by atoms with Gasteiger partial charge in [0.15, 0.2) is 5.82 Å². The molecule has 1 aromatic heterocycles. The number of hydrogen-bond donors (Lipinski definition) is 2. The minimum Gasteiger partial charge on any atom is -0.368 e. The summed E-state index contributed by atoms with van der Waals surface area (Å²) in [5.74, 6) is 1.03. The van der Waals surface area contributed by atoms with Crippen LogP contribution in [-0.4, -0.2) is 33.0 Å². The zero-order valence-electron chi connectivity index (χ0n) is 12.3. The van der Waals surface area contributed by atoms with E-state index in [4.69, 9.17) is 5.73 Å². The van der Waals surface area contributed by atoms with Gasteiger partial charge in [0.1, 0.15) is 17.7 Å². The van der Waals surface area contributed by atoms with Crippen molar-refractivity contribution in [1.29, 1.82) is 0 Å². The molecule has 1 saturated carbocycles. The highest BCUT2D eigenvalue weighted by Crippen LogP contribution is 2.37. The molecular formula is C15H18FN5O. The first-order chi connectivity index (χ1) is 10.5. The van der Waals surface area contributed by atoms with Gasteiger partial charge in [-0.15, -0.1) is 0 Å². The van der Waals surface area contributed by atoms with E-state index in [1.807, 2.05) is 0 Å². The number of primary amides is 1. The summed E-state index contributed by atoms with van der Waals surface area (Å²) in [4.78, 5) is 17.9. The number of carbonyl (C=O) groups excluding carboxylic acids is 1. The largest absolute Gasteiger partial charge is 0.368 e. The molecule has 1 unspecified atom stereocenters. The summed E-state index contributed by atoms with van der Waals surface area (Å²) in [5.41, 5.74) is 6.01. The first kappa shape index (κ1) is 14.6. The molecule has 1 aliphatic carbocycles. The molecule has 0 saturated heterocycles. The molecule has 3 N–H and O–H groups in total. The molecule has 6 nitrogen and oxygen atoms in total. The number of nitrogens with one attached hydrogen (secondary N) is 1. The predicted octanol–water partition coefficient (Wildman–Crippen LogP) is 1.48. The Kier molecular flexibility index (Phi) is 3.89. The SMILES string of the molecule is CN(Cc1nc(C2CC2)n[nH]1)C(C(N)=O)c1cccc(F)c1. The molecule has 1 aromatic carbocycles. The predicted molar refractivity (Wildman–Crippen MR) is 78.2 cm³/mol. The number of H-pyrrole nitrogens is 1. The summed E-state index contributed by atoms with van der Waals surface area (Å²) in [6, 6.07) is 5.19. The molecule has 1 amide bonds. The van der Waals surface area contributed by atoms with Crippen molar-refractivity contribution >= 4 is 5.91 Å². The van der Waals surface area contributed by atoms with Gasteiger partial charge >= 0.3 is 0 Å². The highest BCUT2D eigenvalue weighted by atomic mass is 19.1. The number of benzene rings is 1. The van der Waals surface area contributed by atoms with E-state index in [1.165, 1.54) is 12.1 Å². The third-order valence-corrected chi connectivity index (χ3v) is 3.77. The van der Waals surface area contributed by atoms with Gasteiger partial charge in [0.25, 0.3) is 0 Å². The summed E-state index contributed by atoms with van der Waals surface area (Å²) in [6.07, 6.45) is 2.25. The minimum absolute atomic E-state index is 0.379. The fourth-order valence-corrected chi connectivity index (χ4v) is 2.55. The van der Waals surface area contributed by atoms with Gasteiger partial charge in [0, 0.05) is 5.92 Å². The molecule has 0 bridgehead atoms. The van der Waals surface area contributed by atoms with Crippen molar-refractivity contribution in [3.8, 4) is 0 Å². The number of halogens is 1. The number of aromatic amines is 1. The lowest BCUT2D eigenvalue weighted by atomic mass is 10.0. The smallest absolute Gasteiger partial charge is 0.239 e. The summed E-state index contributed by atoms with van der Waals surface area (Å²) in [5, 5.41) is 7.07. The van der Waals surface area contributed by atoms with Crippen molar-refractivity contribution in [3.05, 3.63) is 47.3 Å². The van der Waals surface area contributed by atoms with E-state index in [9.17, 15) is 9.18 Å². The Hall–Kier alpha value is -2.28. The normalized spacial score (nSPS) is 16.0. The maximum absolute atomic E-state index is 13.4. The quantitative estimate of drug-likeness (QED) is 0.846. The van der Waals surface area contributed by atoms with Crippen LogP contribution >= 0.6 is 0 Å². The summed E-state index contributed by atoms with van der Waals surface area (Å²) >= 11 is 0. The fraction of sp³-hybridized carbons (Fsp3) is 0.400. The number of amides is 1. The Morgan fingerprint density at radius 1 is 1.55 bits per heavy atom. The second-order valence-electron chi connectivity index (χ2n) is 5.69. The molecule has 1 atom stereocenters. The van der Waals surface area contributed by atoms with Gasteiger partial charge in [0.05, 0.1) is 6.54 Å². The van der Waals surface area contributed by atoms with E-state index in [2.05, 4.69) is 15.2 Å². The van der Waals surface area contributed by atoms with E-state index >= 15 is 0 Å². The van der Waals surface area contributed by atoms with Crippen LogP contribution in [0.4, 0.5) is 4.39 Å². The molecule has 1 heterocycles. The third kappa shape index (κ3) is 3.14. The average Bonchev–Trinajstić information content (AvgIpc) is 3.19. The Morgan fingerprint density at radius 3 is 2.95 bits per heavy atom. The standard InChI is InChI=1S/C15H18FN5O/c1-21(8-12-18-15(20-19-12)9-5-6-9)13(14(17)22)10-3-2-4-11(16)7-10/h2-4,7,9,13H,5-6,8H2,1H3,(H2,17,22)(H,18,19,20). The van der Waals surface area contributed by atoms with Crippen LogP contribution in [-0.2, 0) is 11.3 Å². The Morgan fingerprint density at radius 2 is 2.32 bits per heavy atom. The van der Waals surface area contributed by atoms with Gasteiger partial charge in [-0.1, -0.05) is 12.1 Å². The van der Waals surface area contributed by atoms with E-state index in [0.717, 1.165) is 18.7 Å². The Labute approximate surface area is 127 Å². The molecule has 0 spiro atoms. The van der Waals surface area contributed by atoms with Crippen molar-refractivity contribution in [2.75, 3.05) is 7.05 Å². The van der Waals surface area contributed by atoms with Crippen LogP contribution in [0.25, 0.3) is 0 Å². The van der Waals surface area contributed by atoms with E-state index in [-0.39, 0.29) is 0 Å². The maximum Gasteiger partial charge on any atom is 0.239 e. The van der Waals surface area contributed by atoms with E-state index in [0.29, 0.717) is 23.9 Å². The van der Waals surface area contributed by atoms with E-state index < -0.39 is 17.8 Å². The van der Waals surface area contributed by atoms with Crippen molar-refractivity contribution in [1.82, 2.24) is 20.1 Å². The highest BCUT2D eigenvalue weighted by Gasteiger charge is 2.29. The number of hydrogen-bond acceptors (Lipinski definition) is 4. The lowest BCUT2D eigenvalue weighted by Crippen LogP contribution is -2.35. The summed E-state index contributed by atoms with van der Waals surface area (Å²) in [7, 11) is 1.75. The Balaban J connectivity index is 1.76. The number of likely N-dealkylation sites (N-methyl/N-ethyl adjacent to an activating group) is 1. The zero-order chi connectivity index (χ0) is 15.7. The van der Waals surface area contributed by atoms with Crippen molar-refractivity contribution in [2.45, 2.75) is 31.3 Å². The van der Waals surface area contributed by atoms with Gasteiger partial charge in [-0.25, -0.2) is 9.37 Å². The number of nitrogens with two attached hydrogens (primary N) is 1. The average molecular weight is 303 g/mol. The van der Waals surface area contributed by atoms with Crippen LogP contribution in [0.1, 0.15) is 42.0 Å². The highest BCUT2D eigenvalue weighted by molar-refractivity contribution is 5.81. The van der Waals surface area contributed by atoms with Gasteiger partial charge in [-0.05, 0) is 37.6 Å². The molecule has 7 heteroatoms. The molecule has 1 aliphatic rings. The first-order valence-electron chi connectivity index (χ1n) is 7.21. The minimum atomic E-state index is -0.717. The second kappa shape index (κ2) is 5.84.